The molecule has 0 radical (unpaired) electrons. The molecule has 116 valence electrons. The Hall–Kier alpha value is -2.06. The minimum atomic E-state index is -0.511. The lowest BCUT2D eigenvalue weighted by Crippen LogP contribution is -2.41. The molecule has 5 nitrogen and oxygen atoms in total. The van der Waals surface area contributed by atoms with Gasteiger partial charge in [0.05, 0.1) is 17.7 Å². The van der Waals surface area contributed by atoms with Crippen molar-refractivity contribution in [2.45, 2.75) is 43.9 Å². The number of fused-ring (bicyclic) bond motifs is 1. The summed E-state index contributed by atoms with van der Waals surface area (Å²) >= 11 is 0. The van der Waals surface area contributed by atoms with Gasteiger partial charge in [-0.3, -0.25) is 4.79 Å². The molecule has 1 aliphatic heterocycles. The van der Waals surface area contributed by atoms with Gasteiger partial charge in [-0.05, 0) is 31.7 Å². The Balaban J connectivity index is 2.00. The number of nitrogens with zero attached hydrogens (tertiary/aromatic N) is 3. The molecule has 22 heavy (non-hydrogen) atoms. The normalized spacial score (nSPS) is 27.5. The van der Waals surface area contributed by atoms with Crippen LogP contribution in [-0.2, 0) is 0 Å². The SMILES string of the molecule is CN(C)c1cccc2c1C(=O)N(C1CCC(O)CC1)C2C#N. The molecule has 0 spiro atoms. The second-order valence-corrected chi connectivity index (χ2v) is 6.34. The molecule has 1 N–H and O–H groups in total. The van der Waals surface area contributed by atoms with Gasteiger partial charge in [0.15, 0.2) is 0 Å². The first-order valence-corrected chi connectivity index (χ1v) is 7.75. The van der Waals surface area contributed by atoms with E-state index in [4.69, 9.17) is 0 Å². The molecule has 1 amide bonds. The molecule has 1 aliphatic carbocycles. The number of rotatable bonds is 2. The molecule has 1 saturated carbocycles. The molecule has 1 fully saturated rings. The van der Waals surface area contributed by atoms with Crippen LogP contribution < -0.4 is 4.90 Å². The first-order valence-electron chi connectivity index (χ1n) is 7.75. The number of anilines is 1. The van der Waals surface area contributed by atoms with E-state index < -0.39 is 6.04 Å². The number of amides is 1. The fourth-order valence-electron chi connectivity index (χ4n) is 3.63. The van der Waals surface area contributed by atoms with Crippen molar-refractivity contribution in [3.8, 4) is 6.07 Å². The third-order valence-corrected chi connectivity index (χ3v) is 4.76. The van der Waals surface area contributed by atoms with Crippen LogP contribution in [0, 0.1) is 11.3 Å². The highest BCUT2D eigenvalue weighted by atomic mass is 16.3. The van der Waals surface area contributed by atoms with Gasteiger partial charge in [0.25, 0.3) is 5.91 Å². The smallest absolute Gasteiger partial charge is 0.257 e. The maximum absolute atomic E-state index is 13.0. The lowest BCUT2D eigenvalue weighted by Gasteiger charge is -2.34. The van der Waals surface area contributed by atoms with E-state index in [0.717, 1.165) is 24.1 Å². The number of carbonyl (C=O) groups is 1. The van der Waals surface area contributed by atoms with E-state index in [1.54, 1.807) is 4.90 Å². The van der Waals surface area contributed by atoms with Crippen LogP contribution in [0.3, 0.4) is 0 Å². The van der Waals surface area contributed by atoms with Gasteiger partial charge in [-0.15, -0.1) is 0 Å². The Morgan fingerprint density at radius 2 is 1.95 bits per heavy atom. The zero-order chi connectivity index (χ0) is 15.9. The van der Waals surface area contributed by atoms with Crippen LogP contribution >= 0.6 is 0 Å². The quantitative estimate of drug-likeness (QED) is 0.908. The summed E-state index contributed by atoms with van der Waals surface area (Å²) in [5.74, 6) is -0.0489. The van der Waals surface area contributed by atoms with Gasteiger partial charge < -0.3 is 14.9 Å². The first-order chi connectivity index (χ1) is 10.5. The fraction of sp³-hybridized carbons (Fsp3) is 0.529. The Kier molecular flexibility index (Phi) is 3.79. The van der Waals surface area contributed by atoms with E-state index in [9.17, 15) is 15.2 Å². The molecular formula is C17H21N3O2. The lowest BCUT2D eigenvalue weighted by molar-refractivity contribution is 0.0479. The van der Waals surface area contributed by atoms with Crippen molar-refractivity contribution in [2.24, 2.45) is 0 Å². The highest BCUT2D eigenvalue weighted by Crippen LogP contribution is 2.41. The summed E-state index contributed by atoms with van der Waals surface area (Å²) < 4.78 is 0. The molecule has 5 heteroatoms. The monoisotopic (exact) mass is 299 g/mol. The van der Waals surface area contributed by atoms with Gasteiger partial charge in [-0.25, -0.2) is 0 Å². The molecule has 1 aromatic carbocycles. The van der Waals surface area contributed by atoms with Crippen LogP contribution in [0.5, 0.6) is 0 Å². The average molecular weight is 299 g/mol. The van der Waals surface area contributed by atoms with Crippen molar-refractivity contribution >= 4 is 11.6 Å². The Labute approximate surface area is 130 Å². The highest BCUT2D eigenvalue weighted by Gasteiger charge is 2.43. The predicted octanol–water partition coefficient (Wildman–Crippen LogP) is 2.08. The number of hydrogen-bond donors (Lipinski definition) is 1. The van der Waals surface area contributed by atoms with Crippen molar-refractivity contribution in [3.63, 3.8) is 0 Å². The van der Waals surface area contributed by atoms with E-state index in [2.05, 4.69) is 6.07 Å². The van der Waals surface area contributed by atoms with Crippen LogP contribution in [-0.4, -0.2) is 42.2 Å². The van der Waals surface area contributed by atoms with Gasteiger partial charge >= 0.3 is 0 Å². The zero-order valence-electron chi connectivity index (χ0n) is 13.0. The molecule has 0 saturated heterocycles. The van der Waals surface area contributed by atoms with Gasteiger partial charge in [0.2, 0.25) is 0 Å². The van der Waals surface area contributed by atoms with Crippen molar-refractivity contribution in [3.05, 3.63) is 29.3 Å². The fourth-order valence-corrected chi connectivity index (χ4v) is 3.63. The van der Waals surface area contributed by atoms with Crippen molar-refractivity contribution in [2.75, 3.05) is 19.0 Å². The number of nitriles is 1. The van der Waals surface area contributed by atoms with Gasteiger partial charge in [-0.1, -0.05) is 12.1 Å². The molecule has 3 rings (SSSR count). The number of aliphatic hydroxyl groups is 1. The van der Waals surface area contributed by atoms with Crippen molar-refractivity contribution in [1.29, 1.82) is 5.26 Å². The number of hydrogen-bond acceptors (Lipinski definition) is 4. The van der Waals surface area contributed by atoms with Gasteiger partial charge in [0.1, 0.15) is 6.04 Å². The minimum Gasteiger partial charge on any atom is -0.393 e. The number of aliphatic hydroxyl groups excluding tert-OH is 1. The van der Waals surface area contributed by atoms with Crippen LogP contribution in [0.4, 0.5) is 5.69 Å². The Morgan fingerprint density at radius 1 is 1.27 bits per heavy atom. The topological polar surface area (TPSA) is 67.6 Å². The zero-order valence-corrected chi connectivity index (χ0v) is 13.0. The predicted molar refractivity (Wildman–Crippen MR) is 83.6 cm³/mol. The molecular weight excluding hydrogens is 278 g/mol. The van der Waals surface area contributed by atoms with Gasteiger partial charge in [-0.2, -0.15) is 5.26 Å². The minimum absolute atomic E-state index is 0.0444. The summed E-state index contributed by atoms with van der Waals surface area (Å²) in [6.45, 7) is 0. The summed E-state index contributed by atoms with van der Waals surface area (Å²) in [4.78, 5) is 16.6. The molecule has 2 aliphatic rings. The maximum atomic E-state index is 13.0. The first kappa shape index (κ1) is 14.9. The third kappa shape index (κ3) is 2.24. The largest absolute Gasteiger partial charge is 0.393 e. The third-order valence-electron chi connectivity index (χ3n) is 4.76. The van der Waals surface area contributed by atoms with E-state index in [1.807, 2.05) is 37.2 Å². The Morgan fingerprint density at radius 3 is 2.55 bits per heavy atom. The molecule has 0 bridgehead atoms. The number of benzene rings is 1. The van der Waals surface area contributed by atoms with Crippen LogP contribution in [0.15, 0.2) is 18.2 Å². The standard InChI is InChI=1S/C17H21N3O2/c1-19(2)14-5-3-4-13-15(10-18)20(17(22)16(13)14)11-6-8-12(21)9-7-11/h3-5,11-12,15,21H,6-9H2,1-2H3. The highest BCUT2D eigenvalue weighted by molar-refractivity contribution is 6.05. The van der Waals surface area contributed by atoms with E-state index >= 15 is 0 Å². The molecule has 1 unspecified atom stereocenters. The second kappa shape index (κ2) is 5.62. The molecule has 1 atom stereocenters. The summed E-state index contributed by atoms with van der Waals surface area (Å²) in [7, 11) is 3.81. The van der Waals surface area contributed by atoms with Crippen molar-refractivity contribution < 1.29 is 9.90 Å². The molecule has 1 aromatic rings. The summed E-state index contributed by atoms with van der Waals surface area (Å²) in [5, 5.41) is 19.3. The van der Waals surface area contributed by atoms with Crippen LogP contribution in [0.25, 0.3) is 0 Å². The molecule has 1 heterocycles. The Bertz CT molecular complexity index is 627. The van der Waals surface area contributed by atoms with Gasteiger partial charge in [0, 0.05) is 31.4 Å². The van der Waals surface area contributed by atoms with E-state index in [0.29, 0.717) is 18.4 Å². The second-order valence-electron chi connectivity index (χ2n) is 6.34. The van der Waals surface area contributed by atoms with Crippen molar-refractivity contribution in [1.82, 2.24) is 4.90 Å². The maximum Gasteiger partial charge on any atom is 0.257 e. The summed E-state index contributed by atoms with van der Waals surface area (Å²) in [5.41, 5.74) is 2.33. The lowest BCUT2D eigenvalue weighted by atomic mass is 9.91. The number of carbonyl (C=O) groups excluding carboxylic acids is 1. The van der Waals surface area contributed by atoms with E-state index in [-0.39, 0.29) is 18.1 Å². The average Bonchev–Trinajstić information content (AvgIpc) is 2.80. The van der Waals surface area contributed by atoms with Crippen LogP contribution in [0.1, 0.15) is 47.6 Å². The molecule has 0 aromatic heterocycles. The summed E-state index contributed by atoms with van der Waals surface area (Å²) in [6.07, 6.45) is 2.65. The van der Waals surface area contributed by atoms with E-state index in [1.165, 1.54) is 0 Å². The summed E-state index contributed by atoms with van der Waals surface area (Å²) in [6, 6.07) is 7.53. The van der Waals surface area contributed by atoms with Crippen LogP contribution in [0.2, 0.25) is 0 Å².